The molecule has 0 radical (unpaired) electrons. The average Bonchev–Trinajstić information content (AvgIpc) is 3.45. The summed E-state index contributed by atoms with van der Waals surface area (Å²) in [6.45, 7) is 6.82. The van der Waals surface area contributed by atoms with Gasteiger partial charge < -0.3 is 19.5 Å². The molecule has 2 rings (SSSR count). The van der Waals surface area contributed by atoms with Gasteiger partial charge in [-0.3, -0.25) is 14.9 Å². The first-order valence-electron chi connectivity index (χ1n) is 9.58. The molecule has 10 heteroatoms. The van der Waals surface area contributed by atoms with Crippen molar-refractivity contribution in [1.29, 1.82) is 0 Å². The van der Waals surface area contributed by atoms with Crippen LogP contribution < -0.4 is 5.32 Å². The summed E-state index contributed by atoms with van der Waals surface area (Å²) in [7, 11) is 0. The largest absolute Gasteiger partial charge is 0.465 e. The molecule has 0 heterocycles. The average molecular weight is 422 g/mol. The van der Waals surface area contributed by atoms with E-state index in [9.17, 15) is 24.5 Å². The lowest BCUT2D eigenvalue weighted by atomic mass is 9.99. The van der Waals surface area contributed by atoms with Crippen LogP contribution in [0.15, 0.2) is 24.3 Å². The molecule has 0 bridgehead atoms. The zero-order valence-electron chi connectivity index (χ0n) is 17.4. The van der Waals surface area contributed by atoms with Crippen LogP contribution in [0.25, 0.3) is 0 Å². The Bertz CT molecular complexity index is 809. The first-order chi connectivity index (χ1) is 14.0. The number of hydrogen-bond donors (Lipinski definition) is 1. The molecule has 0 spiro atoms. The SMILES string of the molecule is CCOC(=O)C1(C(CNC(=O)OC(C)(C)C)OC(=O)c2ccc([N+](=O)[O-])cc2)CC1. The van der Waals surface area contributed by atoms with E-state index in [2.05, 4.69) is 5.32 Å². The van der Waals surface area contributed by atoms with E-state index in [1.54, 1.807) is 27.7 Å². The van der Waals surface area contributed by atoms with Gasteiger partial charge in [0.2, 0.25) is 0 Å². The number of amides is 1. The number of non-ortho nitro benzene ring substituents is 1. The van der Waals surface area contributed by atoms with Gasteiger partial charge in [0, 0.05) is 12.1 Å². The number of nitrogens with one attached hydrogen (secondary N) is 1. The molecular formula is C20H26N2O8. The topological polar surface area (TPSA) is 134 Å². The fourth-order valence-electron chi connectivity index (χ4n) is 2.82. The summed E-state index contributed by atoms with van der Waals surface area (Å²) in [6, 6.07) is 4.90. The minimum Gasteiger partial charge on any atom is -0.465 e. The molecule has 1 fully saturated rings. The summed E-state index contributed by atoms with van der Waals surface area (Å²) in [5.74, 6) is -1.27. The number of esters is 2. The molecule has 10 nitrogen and oxygen atoms in total. The van der Waals surface area contributed by atoms with E-state index in [0.717, 1.165) is 0 Å². The van der Waals surface area contributed by atoms with Crippen LogP contribution in [0.5, 0.6) is 0 Å². The highest BCUT2D eigenvalue weighted by molar-refractivity contribution is 5.90. The molecule has 0 saturated heterocycles. The predicted octanol–water partition coefficient (Wildman–Crippen LogP) is 2.99. The summed E-state index contributed by atoms with van der Waals surface area (Å²) in [5, 5.41) is 13.3. The summed E-state index contributed by atoms with van der Waals surface area (Å²) in [4.78, 5) is 47.2. The molecule has 1 saturated carbocycles. The van der Waals surface area contributed by atoms with Gasteiger partial charge in [0.25, 0.3) is 5.69 Å². The Labute approximate surface area is 174 Å². The third-order valence-electron chi connectivity index (χ3n) is 4.48. The van der Waals surface area contributed by atoms with E-state index in [1.165, 1.54) is 24.3 Å². The van der Waals surface area contributed by atoms with Crippen LogP contribution in [0.2, 0.25) is 0 Å². The third kappa shape index (κ3) is 5.91. The summed E-state index contributed by atoms with van der Waals surface area (Å²) < 4.78 is 15.8. The van der Waals surface area contributed by atoms with Crippen molar-refractivity contribution in [3.8, 4) is 0 Å². The summed E-state index contributed by atoms with van der Waals surface area (Å²) in [6.07, 6.45) is -0.801. The maximum atomic E-state index is 12.6. The Morgan fingerprint density at radius 2 is 1.80 bits per heavy atom. The maximum absolute atomic E-state index is 12.6. The molecule has 1 unspecified atom stereocenters. The molecule has 30 heavy (non-hydrogen) atoms. The van der Waals surface area contributed by atoms with Crippen LogP contribution in [0.1, 0.15) is 50.9 Å². The highest BCUT2D eigenvalue weighted by atomic mass is 16.6. The maximum Gasteiger partial charge on any atom is 0.407 e. The smallest absolute Gasteiger partial charge is 0.407 e. The van der Waals surface area contributed by atoms with E-state index in [1.807, 2.05) is 0 Å². The lowest BCUT2D eigenvalue weighted by Crippen LogP contribution is -2.45. The molecule has 1 aliphatic carbocycles. The lowest BCUT2D eigenvalue weighted by molar-refractivity contribution is -0.384. The van der Waals surface area contributed by atoms with Crippen LogP contribution in [-0.4, -0.2) is 47.8 Å². The van der Waals surface area contributed by atoms with Crippen LogP contribution in [0, 0.1) is 15.5 Å². The molecule has 0 aromatic heterocycles. The molecule has 1 aliphatic rings. The van der Waals surface area contributed by atoms with Crippen LogP contribution in [0.3, 0.4) is 0 Å². The van der Waals surface area contributed by atoms with Gasteiger partial charge in [-0.2, -0.15) is 0 Å². The molecule has 1 atom stereocenters. The Kier molecular flexibility index (Phi) is 7.01. The van der Waals surface area contributed by atoms with Gasteiger partial charge in [-0.15, -0.1) is 0 Å². The molecule has 1 aromatic rings. The van der Waals surface area contributed by atoms with E-state index in [4.69, 9.17) is 14.2 Å². The number of ether oxygens (including phenoxy) is 3. The number of alkyl carbamates (subject to hydrolysis) is 1. The molecule has 164 valence electrons. The quantitative estimate of drug-likeness (QED) is 0.292. The van der Waals surface area contributed by atoms with Gasteiger partial charge in [0.15, 0.2) is 0 Å². The van der Waals surface area contributed by atoms with Crippen molar-refractivity contribution in [2.75, 3.05) is 13.2 Å². The standard InChI is InChI=1S/C20H26N2O8/c1-5-28-17(24)20(10-11-20)15(12-21-18(25)30-19(2,3)4)29-16(23)13-6-8-14(9-7-13)22(26)27/h6-9,15H,5,10-12H2,1-4H3,(H,21,25). The van der Waals surface area contributed by atoms with Crippen molar-refractivity contribution in [3.63, 3.8) is 0 Å². The van der Waals surface area contributed by atoms with E-state index >= 15 is 0 Å². The summed E-state index contributed by atoms with van der Waals surface area (Å²) >= 11 is 0. The van der Waals surface area contributed by atoms with Gasteiger partial charge in [-0.1, -0.05) is 0 Å². The number of nitro benzene ring substituents is 1. The number of carbonyl (C=O) groups is 3. The Morgan fingerprint density at radius 1 is 1.20 bits per heavy atom. The lowest BCUT2D eigenvalue weighted by Gasteiger charge is -2.26. The molecule has 0 aliphatic heterocycles. The number of nitrogens with zero attached hydrogens (tertiary/aromatic N) is 1. The van der Waals surface area contributed by atoms with Crippen molar-refractivity contribution in [1.82, 2.24) is 5.32 Å². The van der Waals surface area contributed by atoms with Crippen molar-refractivity contribution in [2.45, 2.75) is 52.2 Å². The third-order valence-corrected chi connectivity index (χ3v) is 4.48. The van der Waals surface area contributed by atoms with Crippen LogP contribution in [-0.2, 0) is 19.0 Å². The monoisotopic (exact) mass is 422 g/mol. The van der Waals surface area contributed by atoms with E-state index in [0.29, 0.717) is 12.8 Å². The van der Waals surface area contributed by atoms with Crippen molar-refractivity contribution in [3.05, 3.63) is 39.9 Å². The Morgan fingerprint density at radius 3 is 2.27 bits per heavy atom. The highest BCUT2D eigenvalue weighted by Gasteiger charge is 2.59. The second-order valence-electron chi connectivity index (χ2n) is 7.96. The second-order valence-corrected chi connectivity index (χ2v) is 7.96. The number of nitro groups is 1. The number of benzene rings is 1. The normalized spacial score (nSPS) is 15.5. The van der Waals surface area contributed by atoms with Gasteiger partial charge in [0.1, 0.15) is 17.1 Å². The van der Waals surface area contributed by atoms with Gasteiger partial charge >= 0.3 is 18.0 Å². The van der Waals surface area contributed by atoms with Gasteiger partial charge in [0.05, 0.1) is 23.6 Å². The van der Waals surface area contributed by atoms with Crippen molar-refractivity contribution >= 4 is 23.7 Å². The van der Waals surface area contributed by atoms with Crippen molar-refractivity contribution < 1.29 is 33.5 Å². The van der Waals surface area contributed by atoms with E-state index in [-0.39, 0.29) is 24.4 Å². The Hall–Kier alpha value is -3.17. The molecule has 1 aromatic carbocycles. The fourth-order valence-corrected chi connectivity index (χ4v) is 2.82. The van der Waals surface area contributed by atoms with Crippen LogP contribution in [0.4, 0.5) is 10.5 Å². The van der Waals surface area contributed by atoms with E-state index < -0.39 is 40.1 Å². The number of hydrogen-bond acceptors (Lipinski definition) is 8. The van der Waals surface area contributed by atoms with Crippen molar-refractivity contribution in [2.24, 2.45) is 5.41 Å². The van der Waals surface area contributed by atoms with Gasteiger partial charge in [-0.25, -0.2) is 9.59 Å². The first kappa shape index (κ1) is 23.1. The first-order valence-corrected chi connectivity index (χ1v) is 9.58. The zero-order valence-corrected chi connectivity index (χ0v) is 17.4. The minimum atomic E-state index is -1.04. The number of carbonyl (C=O) groups excluding carboxylic acids is 3. The summed E-state index contributed by atoms with van der Waals surface area (Å²) in [5.41, 5.74) is -1.84. The minimum absolute atomic E-state index is 0.0857. The molecular weight excluding hydrogens is 396 g/mol. The second kappa shape index (κ2) is 9.10. The number of rotatable bonds is 8. The highest BCUT2D eigenvalue weighted by Crippen LogP contribution is 2.51. The molecule has 1 N–H and O–H groups in total. The fraction of sp³-hybridized carbons (Fsp3) is 0.550. The zero-order chi connectivity index (χ0) is 22.5. The predicted molar refractivity (Wildman–Crippen MR) is 105 cm³/mol. The van der Waals surface area contributed by atoms with Gasteiger partial charge in [-0.05, 0) is 52.7 Å². The van der Waals surface area contributed by atoms with Crippen LogP contribution >= 0.6 is 0 Å². The Balaban J connectivity index is 2.14. The molecule has 1 amide bonds.